The number of benzene rings is 1. The molecular formula is C25H36F4O3. The first-order valence-corrected chi connectivity index (χ1v) is 12.1. The molecule has 0 aliphatic heterocycles. The molecule has 0 unspecified atom stereocenters. The molecule has 0 N–H and O–H groups in total. The van der Waals surface area contributed by atoms with Crippen molar-refractivity contribution in [3.63, 3.8) is 0 Å². The molecule has 2 aliphatic rings. The van der Waals surface area contributed by atoms with Gasteiger partial charge in [-0.1, -0.05) is 13.0 Å². The maximum Gasteiger partial charge on any atom is 0.386 e. The highest BCUT2D eigenvalue weighted by molar-refractivity contribution is 5.31. The van der Waals surface area contributed by atoms with E-state index in [1.165, 1.54) is 6.07 Å². The Morgan fingerprint density at radius 3 is 2.16 bits per heavy atom. The lowest BCUT2D eigenvalue weighted by molar-refractivity contribution is -0.279. The van der Waals surface area contributed by atoms with E-state index in [1.807, 2.05) is 13.8 Å². The molecule has 0 radical (unpaired) electrons. The van der Waals surface area contributed by atoms with E-state index in [2.05, 4.69) is 0 Å². The van der Waals surface area contributed by atoms with Crippen LogP contribution in [0.25, 0.3) is 0 Å². The lowest BCUT2D eigenvalue weighted by Gasteiger charge is -2.32. The van der Waals surface area contributed by atoms with Crippen molar-refractivity contribution in [1.82, 2.24) is 0 Å². The highest BCUT2D eigenvalue weighted by Gasteiger charge is 2.41. The topological polar surface area (TPSA) is 27.7 Å². The van der Waals surface area contributed by atoms with Crippen molar-refractivity contribution in [2.75, 3.05) is 19.8 Å². The Bertz CT molecular complexity index is 711. The number of halogens is 4. The average molecular weight is 461 g/mol. The lowest BCUT2D eigenvalue weighted by Crippen LogP contribution is -2.31. The molecule has 0 amide bonds. The minimum atomic E-state index is -3.87. The average Bonchev–Trinajstić information content (AvgIpc) is 2.77. The highest BCUT2D eigenvalue weighted by Crippen LogP contribution is 2.41. The Kier molecular flexibility index (Phi) is 9.38. The number of hydrogen-bond acceptors (Lipinski definition) is 3. The molecule has 0 aromatic heterocycles. The van der Waals surface area contributed by atoms with Gasteiger partial charge in [0, 0.05) is 19.8 Å². The normalized spacial score (nSPS) is 26.9. The number of alkyl halides is 2. The van der Waals surface area contributed by atoms with Crippen molar-refractivity contribution in [3.8, 4) is 0 Å². The van der Waals surface area contributed by atoms with Gasteiger partial charge >= 0.3 is 6.11 Å². The van der Waals surface area contributed by atoms with Crippen LogP contribution in [0.15, 0.2) is 12.1 Å². The largest absolute Gasteiger partial charge is 0.386 e. The van der Waals surface area contributed by atoms with Gasteiger partial charge in [0.05, 0.1) is 17.8 Å². The second-order valence-electron chi connectivity index (χ2n) is 9.11. The van der Waals surface area contributed by atoms with E-state index in [1.54, 1.807) is 0 Å². The molecule has 1 aromatic carbocycles. The molecule has 0 spiro atoms. The van der Waals surface area contributed by atoms with E-state index >= 15 is 0 Å². The minimum Gasteiger partial charge on any atom is -0.381 e. The van der Waals surface area contributed by atoms with Gasteiger partial charge in [0.2, 0.25) is 0 Å². The van der Waals surface area contributed by atoms with Crippen molar-refractivity contribution < 1.29 is 31.8 Å². The fraction of sp³-hybridized carbons (Fsp3) is 0.760. The molecule has 3 rings (SSSR count). The van der Waals surface area contributed by atoms with Crippen LogP contribution in [0, 0.1) is 17.6 Å². The van der Waals surface area contributed by atoms with E-state index in [0.29, 0.717) is 51.4 Å². The van der Waals surface area contributed by atoms with Crippen LogP contribution in [0.1, 0.15) is 88.7 Å². The Morgan fingerprint density at radius 1 is 0.875 bits per heavy atom. The molecule has 2 saturated carbocycles. The monoisotopic (exact) mass is 460 g/mol. The molecule has 32 heavy (non-hydrogen) atoms. The molecule has 0 bridgehead atoms. The van der Waals surface area contributed by atoms with Gasteiger partial charge in [0.15, 0.2) is 11.6 Å². The Labute approximate surface area is 188 Å². The summed E-state index contributed by atoms with van der Waals surface area (Å²) in [5, 5.41) is 0. The van der Waals surface area contributed by atoms with Gasteiger partial charge in [-0.05, 0) is 88.2 Å². The number of rotatable bonds is 10. The quantitative estimate of drug-likeness (QED) is 0.276. The highest BCUT2D eigenvalue weighted by atomic mass is 19.3. The molecule has 1 aromatic rings. The first-order chi connectivity index (χ1) is 15.4. The summed E-state index contributed by atoms with van der Waals surface area (Å²) in [5.74, 6) is -2.53. The van der Waals surface area contributed by atoms with Crippen LogP contribution < -0.4 is 0 Å². The first-order valence-electron chi connectivity index (χ1n) is 12.1. The third kappa shape index (κ3) is 6.45. The van der Waals surface area contributed by atoms with Gasteiger partial charge in [-0.25, -0.2) is 8.78 Å². The zero-order chi connectivity index (χ0) is 23.1. The van der Waals surface area contributed by atoms with Crippen molar-refractivity contribution >= 4 is 0 Å². The predicted octanol–water partition coefficient (Wildman–Crippen LogP) is 7.08. The summed E-state index contributed by atoms with van der Waals surface area (Å²) in [6, 6.07) is 2.30. The standard InChI is InChI=1S/C25H36F4O3/c1-3-15-30-16-17-5-9-20(10-6-17)32-25(28,29)22-14-13-21(23(26)24(22)27)18-7-11-19(12-8-18)31-4-2/h13-14,17-20H,3-12,15-16H2,1-2H3. The molecule has 0 heterocycles. The third-order valence-electron chi connectivity index (χ3n) is 6.75. The minimum absolute atomic E-state index is 0.134. The second kappa shape index (κ2) is 11.8. The van der Waals surface area contributed by atoms with Crippen LogP contribution in [0.4, 0.5) is 17.6 Å². The number of hydrogen-bond donors (Lipinski definition) is 0. The fourth-order valence-corrected chi connectivity index (χ4v) is 4.96. The van der Waals surface area contributed by atoms with Gasteiger partial charge in [-0.15, -0.1) is 0 Å². The third-order valence-corrected chi connectivity index (χ3v) is 6.75. The van der Waals surface area contributed by atoms with Crippen LogP contribution in [0.5, 0.6) is 0 Å². The summed E-state index contributed by atoms with van der Waals surface area (Å²) in [4.78, 5) is 0. The zero-order valence-corrected chi connectivity index (χ0v) is 19.2. The van der Waals surface area contributed by atoms with Crippen molar-refractivity contribution in [2.24, 2.45) is 5.92 Å². The molecule has 2 aliphatic carbocycles. The van der Waals surface area contributed by atoms with Gasteiger partial charge in [0.1, 0.15) is 0 Å². The Morgan fingerprint density at radius 2 is 1.53 bits per heavy atom. The fourth-order valence-electron chi connectivity index (χ4n) is 4.96. The lowest BCUT2D eigenvalue weighted by atomic mass is 9.82. The van der Waals surface area contributed by atoms with E-state index < -0.39 is 29.4 Å². The molecule has 0 saturated heterocycles. The van der Waals surface area contributed by atoms with Crippen LogP contribution in [-0.2, 0) is 20.3 Å². The van der Waals surface area contributed by atoms with E-state index in [4.69, 9.17) is 14.2 Å². The molecule has 182 valence electrons. The maximum atomic E-state index is 14.8. The molecule has 3 nitrogen and oxygen atoms in total. The van der Waals surface area contributed by atoms with Crippen molar-refractivity contribution in [1.29, 1.82) is 0 Å². The first kappa shape index (κ1) is 25.4. The van der Waals surface area contributed by atoms with Gasteiger partial charge < -0.3 is 14.2 Å². The maximum absolute atomic E-state index is 14.8. The summed E-state index contributed by atoms with van der Waals surface area (Å²) < 4.78 is 75.2. The molecule has 2 fully saturated rings. The Hall–Kier alpha value is -1.18. The van der Waals surface area contributed by atoms with Crippen LogP contribution >= 0.6 is 0 Å². The van der Waals surface area contributed by atoms with Crippen LogP contribution in [-0.4, -0.2) is 32.0 Å². The van der Waals surface area contributed by atoms with Gasteiger partial charge in [-0.3, -0.25) is 0 Å². The molecular weight excluding hydrogens is 424 g/mol. The van der Waals surface area contributed by atoms with Crippen LogP contribution in [0.3, 0.4) is 0 Å². The number of ether oxygens (including phenoxy) is 3. The Balaban J connectivity index is 1.59. The summed E-state index contributed by atoms with van der Waals surface area (Å²) in [6.07, 6.45) is 1.72. The SMILES string of the molecule is CCCOCC1CCC(OC(F)(F)c2ccc(C3CCC(OCC)CC3)c(F)c2F)CC1. The van der Waals surface area contributed by atoms with E-state index in [-0.39, 0.29) is 17.6 Å². The molecule has 7 heteroatoms. The van der Waals surface area contributed by atoms with Gasteiger partial charge in [-0.2, -0.15) is 8.78 Å². The summed E-state index contributed by atoms with van der Waals surface area (Å²) in [5.41, 5.74) is -0.847. The summed E-state index contributed by atoms with van der Waals surface area (Å²) >= 11 is 0. The smallest absolute Gasteiger partial charge is 0.381 e. The second-order valence-corrected chi connectivity index (χ2v) is 9.11. The summed E-state index contributed by atoms with van der Waals surface area (Å²) in [7, 11) is 0. The zero-order valence-electron chi connectivity index (χ0n) is 19.2. The van der Waals surface area contributed by atoms with E-state index in [0.717, 1.165) is 38.2 Å². The van der Waals surface area contributed by atoms with Gasteiger partial charge in [0.25, 0.3) is 0 Å². The van der Waals surface area contributed by atoms with Crippen LogP contribution in [0.2, 0.25) is 0 Å². The van der Waals surface area contributed by atoms with Crippen molar-refractivity contribution in [3.05, 3.63) is 34.9 Å². The summed E-state index contributed by atoms with van der Waals surface area (Å²) in [6.45, 7) is 5.91. The van der Waals surface area contributed by atoms with E-state index in [9.17, 15) is 17.6 Å². The molecule has 0 atom stereocenters. The van der Waals surface area contributed by atoms with Crippen molar-refractivity contribution in [2.45, 2.75) is 95.9 Å². The predicted molar refractivity (Wildman–Crippen MR) is 115 cm³/mol.